The molecule has 0 bridgehead atoms. The summed E-state index contributed by atoms with van der Waals surface area (Å²) in [6.45, 7) is 0. The second-order valence-electron chi connectivity index (χ2n) is 5.50. The zero-order valence-corrected chi connectivity index (χ0v) is 14.5. The maximum absolute atomic E-state index is 12.6. The molecule has 0 unspecified atom stereocenters. The SMILES string of the molecule is O=C1CC(=O)N(C(c2ccccc2)c2ccccc2)C=C1/C=C/Br. The summed E-state index contributed by atoms with van der Waals surface area (Å²) in [6, 6.07) is 19.4. The van der Waals surface area contributed by atoms with Gasteiger partial charge in [-0.3, -0.25) is 9.59 Å². The minimum atomic E-state index is -0.258. The predicted octanol–water partition coefficient (Wildman–Crippen LogP) is 4.37. The monoisotopic (exact) mass is 381 g/mol. The lowest BCUT2D eigenvalue weighted by Crippen LogP contribution is -2.36. The van der Waals surface area contributed by atoms with Gasteiger partial charge in [0.05, 0.1) is 12.5 Å². The molecular formula is C20H16BrNO2. The molecule has 0 aliphatic carbocycles. The third kappa shape index (κ3) is 3.39. The number of hydrogen-bond acceptors (Lipinski definition) is 2. The molecule has 2 aromatic rings. The van der Waals surface area contributed by atoms with E-state index in [4.69, 9.17) is 0 Å². The molecule has 4 heteroatoms. The molecule has 1 amide bonds. The van der Waals surface area contributed by atoms with Gasteiger partial charge in [-0.2, -0.15) is 0 Å². The van der Waals surface area contributed by atoms with Crippen molar-refractivity contribution in [3.8, 4) is 0 Å². The number of halogens is 1. The minimum absolute atomic E-state index is 0.112. The summed E-state index contributed by atoms with van der Waals surface area (Å²) in [5, 5.41) is 0. The molecule has 120 valence electrons. The van der Waals surface area contributed by atoms with Gasteiger partial charge in [0.1, 0.15) is 0 Å². The Morgan fingerprint density at radius 1 is 0.917 bits per heavy atom. The summed E-state index contributed by atoms with van der Waals surface area (Å²) in [6.07, 6.45) is 3.21. The number of Topliss-reactive ketones (excluding diaryl/α,β-unsaturated/α-hetero) is 1. The van der Waals surface area contributed by atoms with Gasteiger partial charge < -0.3 is 4.90 Å². The van der Waals surface area contributed by atoms with Crippen LogP contribution in [0.1, 0.15) is 23.6 Å². The summed E-state index contributed by atoms with van der Waals surface area (Å²) in [4.78, 5) is 27.9. The second kappa shape index (κ2) is 7.41. The van der Waals surface area contributed by atoms with Gasteiger partial charge in [0, 0.05) is 11.8 Å². The summed E-state index contributed by atoms with van der Waals surface area (Å²) in [5.41, 5.74) is 2.53. The van der Waals surface area contributed by atoms with E-state index in [1.807, 2.05) is 60.7 Å². The summed E-state index contributed by atoms with van der Waals surface area (Å²) < 4.78 is 0. The Morgan fingerprint density at radius 3 is 1.96 bits per heavy atom. The molecule has 0 saturated heterocycles. The Morgan fingerprint density at radius 2 is 1.46 bits per heavy atom. The van der Waals surface area contributed by atoms with Crippen LogP contribution in [-0.2, 0) is 9.59 Å². The van der Waals surface area contributed by atoms with E-state index in [1.165, 1.54) is 0 Å². The highest BCUT2D eigenvalue weighted by molar-refractivity contribution is 9.11. The summed E-state index contributed by atoms with van der Waals surface area (Å²) >= 11 is 3.20. The molecule has 0 spiro atoms. The fourth-order valence-electron chi connectivity index (χ4n) is 2.83. The number of carbonyl (C=O) groups excluding carboxylic acids is 2. The third-order valence-corrected chi connectivity index (χ3v) is 4.22. The first-order valence-electron chi connectivity index (χ1n) is 7.63. The van der Waals surface area contributed by atoms with E-state index in [9.17, 15) is 9.59 Å². The van der Waals surface area contributed by atoms with E-state index < -0.39 is 0 Å². The molecule has 0 fully saturated rings. The minimum Gasteiger partial charge on any atom is -0.306 e. The molecule has 1 heterocycles. The van der Waals surface area contributed by atoms with E-state index in [2.05, 4.69) is 15.9 Å². The quantitative estimate of drug-likeness (QED) is 0.737. The number of rotatable bonds is 4. The van der Waals surface area contributed by atoms with Crippen molar-refractivity contribution in [1.82, 2.24) is 4.90 Å². The van der Waals surface area contributed by atoms with Gasteiger partial charge in [0.25, 0.3) is 0 Å². The van der Waals surface area contributed by atoms with Crippen LogP contribution in [0.5, 0.6) is 0 Å². The molecule has 0 atom stereocenters. The summed E-state index contributed by atoms with van der Waals surface area (Å²) in [5.74, 6) is -0.351. The molecule has 24 heavy (non-hydrogen) atoms. The van der Waals surface area contributed by atoms with Crippen molar-refractivity contribution < 1.29 is 9.59 Å². The van der Waals surface area contributed by atoms with Crippen LogP contribution >= 0.6 is 15.9 Å². The van der Waals surface area contributed by atoms with Gasteiger partial charge in [0.15, 0.2) is 5.78 Å². The van der Waals surface area contributed by atoms with Crippen LogP contribution in [0.3, 0.4) is 0 Å². The number of amides is 1. The van der Waals surface area contributed by atoms with E-state index in [-0.39, 0.29) is 24.2 Å². The van der Waals surface area contributed by atoms with Crippen molar-refractivity contribution in [3.63, 3.8) is 0 Å². The molecule has 2 aromatic carbocycles. The molecule has 1 aliphatic rings. The van der Waals surface area contributed by atoms with Crippen molar-refractivity contribution in [2.45, 2.75) is 12.5 Å². The topological polar surface area (TPSA) is 37.4 Å². The zero-order chi connectivity index (χ0) is 16.9. The number of hydrogen-bond donors (Lipinski definition) is 0. The lowest BCUT2D eigenvalue weighted by molar-refractivity contribution is -0.134. The first kappa shape index (κ1) is 16.4. The first-order valence-corrected chi connectivity index (χ1v) is 8.55. The van der Waals surface area contributed by atoms with Crippen molar-refractivity contribution in [2.75, 3.05) is 0 Å². The van der Waals surface area contributed by atoms with Crippen LogP contribution in [0.2, 0.25) is 0 Å². The highest BCUT2D eigenvalue weighted by Crippen LogP contribution is 2.32. The fourth-order valence-corrected chi connectivity index (χ4v) is 3.12. The third-order valence-electron chi connectivity index (χ3n) is 3.95. The molecule has 0 saturated carbocycles. The standard InChI is InChI=1S/C20H16BrNO2/c21-12-11-17-14-22(19(24)13-18(17)23)20(15-7-3-1-4-8-15)16-9-5-2-6-10-16/h1-12,14,20H,13H2/b12-11+. The molecule has 3 rings (SSSR count). The van der Waals surface area contributed by atoms with Crippen molar-refractivity contribution in [2.24, 2.45) is 0 Å². The number of benzene rings is 2. The molecule has 0 N–H and O–H groups in total. The highest BCUT2D eigenvalue weighted by atomic mass is 79.9. The van der Waals surface area contributed by atoms with Crippen LogP contribution in [0.25, 0.3) is 0 Å². The van der Waals surface area contributed by atoms with E-state index in [0.717, 1.165) is 11.1 Å². The van der Waals surface area contributed by atoms with Crippen LogP contribution in [0.15, 0.2) is 83.5 Å². The number of carbonyl (C=O) groups is 2. The zero-order valence-electron chi connectivity index (χ0n) is 12.9. The summed E-state index contributed by atoms with van der Waals surface area (Å²) in [7, 11) is 0. The lowest BCUT2D eigenvalue weighted by atomic mass is 9.94. The number of ketones is 1. The first-order chi connectivity index (χ1) is 11.7. The Labute approximate surface area is 149 Å². The predicted molar refractivity (Wildman–Crippen MR) is 97.3 cm³/mol. The molecule has 0 aromatic heterocycles. The van der Waals surface area contributed by atoms with Crippen LogP contribution in [0, 0.1) is 0 Å². The highest BCUT2D eigenvalue weighted by Gasteiger charge is 2.31. The Kier molecular flexibility index (Phi) is 5.06. The van der Waals surface area contributed by atoms with Gasteiger partial charge >= 0.3 is 0 Å². The largest absolute Gasteiger partial charge is 0.306 e. The second-order valence-corrected chi connectivity index (χ2v) is 6.03. The molecular weight excluding hydrogens is 366 g/mol. The lowest BCUT2D eigenvalue weighted by Gasteiger charge is -2.32. The van der Waals surface area contributed by atoms with E-state index in [0.29, 0.717) is 5.57 Å². The maximum Gasteiger partial charge on any atom is 0.235 e. The van der Waals surface area contributed by atoms with Crippen LogP contribution in [0.4, 0.5) is 0 Å². The van der Waals surface area contributed by atoms with Gasteiger partial charge in [0.2, 0.25) is 5.91 Å². The molecule has 0 radical (unpaired) electrons. The molecule has 3 nitrogen and oxygen atoms in total. The van der Waals surface area contributed by atoms with Gasteiger partial charge in [-0.05, 0) is 22.2 Å². The Bertz CT molecular complexity index is 757. The number of nitrogens with zero attached hydrogens (tertiary/aromatic N) is 1. The van der Waals surface area contributed by atoms with Gasteiger partial charge in [-0.25, -0.2) is 0 Å². The van der Waals surface area contributed by atoms with Crippen LogP contribution < -0.4 is 0 Å². The van der Waals surface area contributed by atoms with Crippen molar-refractivity contribution >= 4 is 27.6 Å². The van der Waals surface area contributed by atoms with Crippen molar-refractivity contribution in [1.29, 1.82) is 0 Å². The van der Waals surface area contributed by atoms with Gasteiger partial charge in [-0.15, -0.1) is 0 Å². The molecule has 1 aliphatic heterocycles. The average molecular weight is 382 g/mol. The average Bonchev–Trinajstić information content (AvgIpc) is 2.61. The van der Waals surface area contributed by atoms with Crippen molar-refractivity contribution in [3.05, 3.63) is 94.6 Å². The van der Waals surface area contributed by atoms with E-state index >= 15 is 0 Å². The van der Waals surface area contributed by atoms with E-state index in [1.54, 1.807) is 22.2 Å². The van der Waals surface area contributed by atoms with Crippen LogP contribution in [-0.4, -0.2) is 16.6 Å². The fraction of sp³-hybridized carbons (Fsp3) is 0.100. The normalized spacial score (nSPS) is 15.2. The maximum atomic E-state index is 12.6. The smallest absolute Gasteiger partial charge is 0.235 e. The Balaban J connectivity index is 2.12. The number of allylic oxidation sites excluding steroid dienone is 2. The van der Waals surface area contributed by atoms with Gasteiger partial charge in [-0.1, -0.05) is 76.6 Å². The Hall–Kier alpha value is -2.46.